The number of aliphatic carboxylic acids is 1. The Hall–Kier alpha value is -1.84. The summed E-state index contributed by atoms with van der Waals surface area (Å²) in [7, 11) is 0. The first kappa shape index (κ1) is 13.6. The minimum absolute atomic E-state index is 0.217. The number of carbonyl (C=O) groups excluding carboxylic acids is 1. The molecule has 0 radical (unpaired) electrons. The maximum atomic E-state index is 12.0. The molecule has 4 nitrogen and oxygen atoms in total. The van der Waals surface area contributed by atoms with Crippen molar-refractivity contribution < 1.29 is 14.7 Å². The van der Waals surface area contributed by atoms with E-state index in [1.165, 1.54) is 0 Å². The van der Waals surface area contributed by atoms with Gasteiger partial charge in [-0.1, -0.05) is 44.2 Å². The van der Waals surface area contributed by atoms with E-state index in [0.29, 0.717) is 19.4 Å². The van der Waals surface area contributed by atoms with Crippen LogP contribution in [0.3, 0.4) is 0 Å². The molecule has 19 heavy (non-hydrogen) atoms. The SMILES string of the molecule is CC(C)(CNC(=O)C1(C(=O)O)CC1)c1ccccc1. The van der Waals surface area contributed by atoms with E-state index in [4.69, 9.17) is 5.11 Å². The zero-order chi connectivity index (χ0) is 14.1. The van der Waals surface area contributed by atoms with Crippen LogP contribution in [0.2, 0.25) is 0 Å². The van der Waals surface area contributed by atoms with Gasteiger partial charge in [0, 0.05) is 12.0 Å². The van der Waals surface area contributed by atoms with Crippen molar-refractivity contribution in [2.75, 3.05) is 6.54 Å². The highest BCUT2D eigenvalue weighted by molar-refractivity contribution is 6.04. The van der Waals surface area contributed by atoms with Crippen LogP contribution in [0.15, 0.2) is 30.3 Å². The summed E-state index contributed by atoms with van der Waals surface area (Å²) in [5.41, 5.74) is -0.256. The van der Waals surface area contributed by atoms with Gasteiger partial charge in [-0.05, 0) is 18.4 Å². The molecule has 2 rings (SSSR count). The second-order valence-electron chi connectivity index (χ2n) is 5.82. The molecule has 1 fully saturated rings. The predicted octanol–water partition coefficient (Wildman–Crippen LogP) is 1.95. The Kier molecular flexibility index (Phi) is 3.35. The quantitative estimate of drug-likeness (QED) is 0.796. The summed E-state index contributed by atoms with van der Waals surface area (Å²) in [5, 5.41) is 11.8. The number of hydrogen-bond donors (Lipinski definition) is 2. The van der Waals surface area contributed by atoms with Crippen LogP contribution < -0.4 is 5.32 Å². The summed E-state index contributed by atoms with van der Waals surface area (Å²) in [6, 6.07) is 9.88. The summed E-state index contributed by atoms with van der Waals surface area (Å²) in [6.45, 7) is 4.50. The number of carboxylic acid groups (broad SMARTS) is 1. The second-order valence-corrected chi connectivity index (χ2v) is 5.82. The van der Waals surface area contributed by atoms with Gasteiger partial charge in [0.25, 0.3) is 0 Å². The van der Waals surface area contributed by atoms with E-state index in [2.05, 4.69) is 5.32 Å². The Labute approximate surface area is 112 Å². The lowest BCUT2D eigenvalue weighted by Crippen LogP contribution is -2.42. The van der Waals surface area contributed by atoms with Gasteiger partial charge in [-0.2, -0.15) is 0 Å². The Morgan fingerprint density at radius 3 is 2.32 bits per heavy atom. The molecule has 2 N–H and O–H groups in total. The molecule has 4 heteroatoms. The molecule has 0 unspecified atom stereocenters. The number of carbonyl (C=O) groups is 2. The maximum absolute atomic E-state index is 12.0. The lowest BCUT2D eigenvalue weighted by atomic mass is 9.84. The number of carboxylic acids is 1. The molecule has 0 atom stereocenters. The van der Waals surface area contributed by atoms with Crippen LogP contribution in [-0.2, 0) is 15.0 Å². The number of nitrogens with one attached hydrogen (secondary N) is 1. The highest BCUT2D eigenvalue weighted by atomic mass is 16.4. The molecule has 0 spiro atoms. The smallest absolute Gasteiger partial charge is 0.319 e. The number of hydrogen-bond acceptors (Lipinski definition) is 2. The molecule has 0 saturated heterocycles. The molecule has 1 saturated carbocycles. The lowest BCUT2D eigenvalue weighted by molar-refractivity contribution is -0.149. The van der Waals surface area contributed by atoms with Gasteiger partial charge in [0.2, 0.25) is 5.91 Å². The van der Waals surface area contributed by atoms with Crippen LogP contribution in [0.1, 0.15) is 32.3 Å². The third-order valence-electron chi connectivity index (χ3n) is 3.84. The predicted molar refractivity (Wildman–Crippen MR) is 71.8 cm³/mol. The Bertz CT molecular complexity index is 489. The second kappa shape index (κ2) is 4.68. The van der Waals surface area contributed by atoms with Crippen LogP contribution in [-0.4, -0.2) is 23.5 Å². The van der Waals surface area contributed by atoms with Gasteiger partial charge < -0.3 is 10.4 Å². The molecule has 102 valence electrons. The fourth-order valence-corrected chi connectivity index (χ4v) is 2.12. The molecule has 1 aromatic carbocycles. The highest BCUT2D eigenvalue weighted by Gasteiger charge is 2.57. The molecule has 0 bridgehead atoms. The van der Waals surface area contributed by atoms with Gasteiger partial charge in [0.05, 0.1) is 0 Å². The minimum atomic E-state index is -1.16. The average molecular weight is 261 g/mol. The standard InChI is InChI=1S/C15H19NO3/c1-14(2,11-6-4-3-5-7-11)10-16-12(17)15(8-9-15)13(18)19/h3-7H,8-10H2,1-2H3,(H,16,17)(H,18,19). The topological polar surface area (TPSA) is 66.4 Å². The van der Waals surface area contributed by atoms with Crippen LogP contribution in [0.25, 0.3) is 0 Å². The first-order chi connectivity index (χ1) is 8.88. The van der Waals surface area contributed by atoms with Crippen molar-refractivity contribution in [3.8, 4) is 0 Å². The number of rotatable bonds is 5. The van der Waals surface area contributed by atoms with E-state index in [9.17, 15) is 9.59 Å². The van der Waals surface area contributed by atoms with E-state index in [1.54, 1.807) is 0 Å². The van der Waals surface area contributed by atoms with Gasteiger partial charge in [-0.15, -0.1) is 0 Å². The molecule has 1 aliphatic carbocycles. The van der Waals surface area contributed by atoms with Crippen molar-refractivity contribution in [3.05, 3.63) is 35.9 Å². The average Bonchev–Trinajstić information content (AvgIpc) is 3.18. The van der Waals surface area contributed by atoms with E-state index in [0.717, 1.165) is 5.56 Å². The van der Waals surface area contributed by atoms with Crippen LogP contribution >= 0.6 is 0 Å². The zero-order valence-corrected chi connectivity index (χ0v) is 11.3. The van der Waals surface area contributed by atoms with E-state index in [-0.39, 0.29) is 11.3 Å². The molecule has 0 heterocycles. The summed E-state index contributed by atoms with van der Waals surface area (Å²) >= 11 is 0. The lowest BCUT2D eigenvalue weighted by Gasteiger charge is -2.26. The molecule has 1 aromatic rings. The van der Waals surface area contributed by atoms with Crippen molar-refractivity contribution >= 4 is 11.9 Å². The van der Waals surface area contributed by atoms with Crippen LogP contribution in [0, 0.1) is 5.41 Å². The Morgan fingerprint density at radius 2 is 1.84 bits per heavy atom. The molecule has 0 aromatic heterocycles. The summed E-state index contributed by atoms with van der Waals surface area (Å²) in [5.74, 6) is -1.37. The number of benzene rings is 1. The Balaban J connectivity index is 1.99. The van der Waals surface area contributed by atoms with Crippen molar-refractivity contribution in [1.82, 2.24) is 5.32 Å². The third-order valence-corrected chi connectivity index (χ3v) is 3.84. The first-order valence-electron chi connectivity index (χ1n) is 6.46. The van der Waals surface area contributed by atoms with Crippen molar-refractivity contribution in [3.63, 3.8) is 0 Å². The van der Waals surface area contributed by atoms with Crippen molar-refractivity contribution in [2.24, 2.45) is 5.41 Å². The van der Waals surface area contributed by atoms with Gasteiger partial charge in [-0.3, -0.25) is 9.59 Å². The van der Waals surface area contributed by atoms with E-state index < -0.39 is 11.4 Å². The maximum Gasteiger partial charge on any atom is 0.319 e. The van der Waals surface area contributed by atoms with Gasteiger partial charge in [-0.25, -0.2) is 0 Å². The molecular formula is C15H19NO3. The zero-order valence-electron chi connectivity index (χ0n) is 11.3. The van der Waals surface area contributed by atoms with E-state index >= 15 is 0 Å². The summed E-state index contributed by atoms with van der Waals surface area (Å²) < 4.78 is 0. The summed E-state index contributed by atoms with van der Waals surface area (Å²) in [6.07, 6.45) is 0.889. The first-order valence-corrected chi connectivity index (χ1v) is 6.46. The highest BCUT2D eigenvalue weighted by Crippen LogP contribution is 2.46. The van der Waals surface area contributed by atoms with Gasteiger partial charge >= 0.3 is 5.97 Å². The monoisotopic (exact) mass is 261 g/mol. The van der Waals surface area contributed by atoms with Crippen molar-refractivity contribution in [1.29, 1.82) is 0 Å². The summed E-state index contributed by atoms with van der Waals surface area (Å²) in [4.78, 5) is 23.0. The van der Waals surface area contributed by atoms with Crippen LogP contribution in [0.5, 0.6) is 0 Å². The molecule has 1 amide bonds. The van der Waals surface area contributed by atoms with E-state index in [1.807, 2.05) is 44.2 Å². The Morgan fingerprint density at radius 1 is 1.26 bits per heavy atom. The third kappa shape index (κ3) is 2.62. The van der Waals surface area contributed by atoms with Gasteiger partial charge in [0.1, 0.15) is 5.41 Å². The minimum Gasteiger partial charge on any atom is -0.480 e. The largest absolute Gasteiger partial charge is 0.480 e. The van der Waals surface area contributed by atoms with Crippen LogP contribution in [0.4, 0.5) is 0 Å². The normalized spacial score (nSPS) is 16.7. The molecular weight excluding hydrogens is 242 g/mol. The molecule has 0 aliphatic heterocycles. The number of amides is 1. The molecule has 1 aliphatic rings. The fraction of sp³-hybridized carbons (Fsp3) is 0.467. The fourth-order valence-electron chi connectivity index (χ4n) is 2.12. The van der Waals surface area contributed by atoms with Gasteiger partial charge in [0.15, 0.2) is 0 Å². The van der Waals surface area contributed by atoms with Crippen molar-refractivity contribution in [2.45, 2.75) is 32.1 Å².